The van der Waals surface area contributed by atoms with Crippen molar-refractivity contribution in [2.45, 2.75) is 75.4 Å². The van der Waals surface area contributed by atoms with Gasteiger partial charge in [0.2, 0.25) is 12.3 Å². The molecule has 4 aliphatic carbocycles. The third-order valence-electron chi connectivity index (χ3n) is 14.9. The first kappa shape index (κ1) is 43.5. The molecule has 340 valence electrons. The number of hydrogen-bond acceptors (Lipinski definition) is 8. The second-order valence-corrected chi connectivity index (χ2v) is 18.6. The number of hydrogen-bond donors (Lipinski definition) is 3. The number of rotatable bonds is 15. The molecule has 4 bridgehead atoms. The standard InChI is InChI=1S/C28H29N3O3.C27H26N4O2/c32-19-29-17-27(33)31-24-10-6-21(7-11-24)28(16-20-4-5-23(28)15-20)22-8-12-26(13-9-22)34-18-25-3-1-2-14-30-25;32-26-30-29-18-31(26)24-10-6-20(7-11-24)27(16-19-4-5-22(27)15-19)21-8-12-25(13-9-21)33-17-23-3-1-2-14-28-23/h1-3,6-14,19-20,23H,4-5,15-18H2,(H,29,32)(H,31,33);1-3,6-14,18-19,22H,4-5,15-17H2,(H,30,32)/t20?,23-,28+;19?,22-,27+/m11/s1. The molecule has 4 aliphatic rings. The molecule has 4 saturated carbocycles. The van der Waals surface area contributed by atoms with Crippen molar-refractivity contribution in [2.24, 2.45) is 23.7 Å². The molecule has 3 aromatic heterocycles. The van der Waals surface area contributed by atoms with Gasteiger partial charge in [-0.1, -0.05) is 73.5 Å². The summed E-state index contributed by atoms with van der Waals surface area (Å²) >= 11 is 0. The number of fused-ring (bicyclic) bond motifs is 4. The van der Waals surface area contributed by atoms with Crippen molar-refractivity contribution in [2.75, 3.05) is 11.9 Å². The highest BCUT2D eigenvalue weighted by molar-refractivity contribution is 5.93. The van der Waals surface area contributed by atoms with E-state index in [0.717, 1.165) is 52.5 Å². The van der Waals surface area contributed by atoms with E-state index in [-0.39, 0.29) is 29.0 Å². The monoisotopic (exact) mass is 893 g/mol. The Labute approximate surface area is 390 Å². The summed E-state index contributed by atoms with van der Waals surface area (Å²) in [7, 11) is 0. The number of anilines is 1. The number of aromatic nitrogens is 5. The van der Waals surface area contributed by atoms with E-state index in [2.05, 4.69) is 104 Å². The van der Waals surface area contributed by atoms with Gasteiger partial charge in [0.1, 0.15) is 31.0 Å². The number of pyridine rings is 2. The summed E-state index contributed by atoms with van der Waals surface area (Å²) in [6, 6.07) is 45.6. The van der Waals surface area contributed by atoms with Gasteiger partial charge in [-0.25, -0.2) is 14.5 Å². The largest absolute Gasteiger partial charge is 0.487 e. The fraction of sp³-hybridized carbons (Fsp3) is 0.309. The van der Waals surface area contributed by atoms with Crippen LogP contribution in [0.25, 0.3) is 5.69 Å². The van der Waals surface area contributed by atoms with Crippen molar-refractivity contribution in [3.8, 4) is 17.2 Å². The molecule has 0 radical (unpaired) electrons. The van der Waals surface area contributed by atoms with E-state index in [4.69, 9.17) is 9.47 Å². The van der Waals surface area contributed by atoms with Crippen LogP contribution in [0.3, 0.4) is 0 Å². The highest BCUT2D eigenvalue weighted by atomic mass is 16.5. The Balaban J connectivity index is 0.000000157. The highest BCUT2D eigenvalue weighted by Crippen LogP contribution is 2.61. The first-order valence-corrected chi connectivity index (χ1v) is 23.5. The van der Waals surface area contributed by atoms with Gasteiger partial charge in [0.15, 0.2) is 0 Å². The number of benzene rings is 4. The highest BCUT2D eigenvalue weighted by Gasteiger charge is 2.54. The first-order chi connectivity index (χ1) is 32.9. The van der Waals surface area contributed by atoms with E-state index in [9.17, 15) is 14.4 Å². The van der Waals surface area contributed by atoms with Crippen molar-refractivity contribution in [1.82, 2.24) is 30.0 Å². The van der Waals surface area contributed by atoms with Gasteiger partial charge in [-0.15, -0.1) is 0 Å². The van der Waals surface area contributed by atoms with Crippen LogP contribution in [-0.4, -0.2) is 43.6 Å². The Bertz CT molecular complexity index is 2820. The van der Waals surface area contributed by atoms with Gasteiger partial charge >= 0.3 is 5.69 Å². The second-order valence-electron chi connectivity index (χ2n) is 18.6. The van der Waals surface area contributed by atoms with Crippen molar-refractivity contribution in [3.05, 3.63) is 196 Å². The van der Waals surface area contributed by atoms with Gasteiger partial charge in [-0.05, 0) is 157 Å². The van der Waals surface area contributed by atoms with Crippen LogP contribution in [0.2, 0.25) is 0 Å². The Hall–Kier alpha value is -7.34. The number of nitrogens with one attached hydrogen (secondary N) is 3. The number of amides is 2. The van der Waals surface area contributed by atoms with Gasteiger partial charge < -0.3 is 20.1 Å². The number of ether oxygens (including phenoxy) is 2. The van der Waals surface area contributed by atoms with E-state index in [1.807, 2.05) is 60.7 Å². The minimum Gasteiger partial charge on any atom is -0.487 e. The number of H-pyrrole nitrogens is 1. The lowest BCUT2D eigenvalue weighted by Gasteiger charge is -2.39. The van der Waals surface area contributed by atoms with Crippen LogP contribution in [0, 0.1) is 23.7 Å². The average Bonchev–Trinajstić information content (AvgIpc) is 4.26. The summed E-state index contributed by atoms with van der Waals surface area (Å²) < 4.78 is 13.5. The molecule has 12 nitrogen and oxygen atoms in total. The molecule has 0 aliphatic heterocycles. The number of carbonyl (C=O) groups is 2. The Kier molecular flexibility index (Phi) is 12.5. The summed E-state index contributed by atoms with van der Waals surface area (Å²) in [5.41, 5.74) is 8.49. The zero-order valence-electron chi connectivity index (χ0n) is 37.4. The van der Waals surface area contributed by atoms with Crippen molar-refractivity contribution < 1.29 is 19.1 Å². The summed E-state index contributed by atoms with van der Waals surface area (Å²) in [6.45, 7) is 0.879. The lowest BCUT2D eigenvalue weighted by Crippen LogP contribution is -2.34. The minimum absolute atomic E-state index is 0.00988. The normalized spacial score (nSPS) is 23.2. The molecule has 2 unspecified atom stereocenters. The molecule has 67 heavy (non-hydrogen) atoms. The van der Waals surface area contributed by atoms with Gasteiger partial charge in [0, 0.05) is 28.9 Å². The molecular weight excluding hydrogens is 839 g/mol. The van der Waals surface area contributed by atoms with Crippen LogP contribution in [0.1, 0.15) is 85.0 Å². The van der Waals surface area contributed by atoms with Gasteiger partial charge in [-0.3, -0.25) is 19.6 Å². The predicted molar refractivity (Wildman–Crippen MR) is 256 cm³/mol. The van der Waals surface area contributed by atoms with Crippen LogP contribution in [0.15, 0.2) is 157 Å². The van der Waals surface area contributed by atoms with Crippen LogP contribution < -0.4 is 25.8 Å². The average molecular weight is 894 g/mol. The summed E-state index contributed by atoms with van der Waals surface area (Å²) in [5, 5.41) is 11.5. The quantitative estimate of drug-likeness (QED) is 0.0863. The third kappa shape index (κ3) is 9.00. The van der Waals surface area contributed by atoms with E-state index in [1.54, 1.807) is 12.4 Å². The number of aromatic amines is 1. The third-order valence-corrected chi connectivity index (χ3v) is 14.9. The maximum absolute atomic E-state index is 12.0. The van der Waals surface area contributed by atoms with Crippen molar-refractivity contribution in [1.29, 1.82) is 0 Å². The van der Waals surface area contributed by atoms with Crippen molar-refractivity contribution >= 4 is 18.0 Å². The molecule has 11 rings (SSSR count). The van der Waals surface area contributed by atoms with Gasteiger partial charge in [0.05, 0.1) is 23.6 Å². The molecule has 12 heteroatoms. The lowest BCUT2D eigenvalue weighted by atomic mass is 9.64. The summed E-state index contributed by atoms with van der Waals surface area (Å²) in [6.07, 6.45) is 15.7. The molecule has 4 fully saturated rings. The van der Waals surface area contributed by atoms with Crippen LogP contribution in [0.4, 0.5) is 5.69 Å². The zero-order valence-corrected chi connectivity index (χ0v) is 37.4. The smallest absolute Gasteiger partial charge is 0.347 e. The molecule has 6 atom stereocenters. The van der Waals surface area contributed by atoms with Crippen LogP contribution >= 0.6 is 0 Å². The summed E-state index contributed by atoms with van der Waals surface area (Å²) in [4.78, 5) is 42.9. The zero-order chi connectivity index (χ0) is 45.6. The molecule has 3 heterocycles. The number of nitrogens with zero attached hydrogens (tertiary/aromatic N) is 4. The van der Waals surface area contributed by atoms with Gasteiger partial charge in [-0.2, -0.15) is 5.10 Å². The second kappa shape index (κ2) is 19.2. The van der Waals surface area contributed by atoms with Crippen LogP contribution in [0.5, 0.6) is 11.5 Å². The van der Waals surface area contributed by atoms with Crippen LogP contribution in [-0.2, 0) is 33.6 Å². The van der Waals surface area contributed by atoms with E-state index >= 15 is 0 Å². The molecule has 4 aromatic carbocycles. The fourth-order valence-electron chi connectivity index (χ4n) is 11.9. The Morgan fingerprint density at radius 2 is 1.15 bits per heavy atom. The molecule has 0 saturated heterocycles. The predicted octanol–water partition coefficient (Wildman–Crippen LogP) is 9.09. The molecule has 0 spiro atoms. The Morgan fingerprint density at radius 3 is 1.55 bits per heavy atom. The van der Waals surface area contributed by atoms with Crippen molar-refractivity contribution in [3.63, 3.8) is 0 Å². The number of carbonyl (C=O) groups excluding carboxylic acids is 2. The maximum atomic E-state index is 12.0. The Morgan fingerprint density at radius 1 is 0.657 bits per heavy atom. The molecule has 7 aromatic rings. The van der Waals surface area contributed by atoms with E-state index in [1.165, 1.54) is 78.1 Å². The van der Waals surface area contributed by atoms with Gasteiger partial charge in [0.25, 0.3) is 0 Å². The molecule has 2 amide bonds. The fourth-order valence-corrected chi connectivity index (χ4v) is 11.9. The lowest BCUT2D eigenvalue weighted by molar-refractivity contribution is -0.118. The molecular formula is C55H55N7O5. The SMILES string of the molecule is O=CNCC(=O)Nc1ccc([C@]2(c3ccc(OCc4ccccn4)cc3)CC3CC[C@@H]2C3)cc1.O=c1[nH]ncn1-c1ccc([C@]2(c3ccc(OCc4ccccn4)cc3)CC3CC[C@@H]2C3)cc1. The molecule has 3 N–H and O–H groups in total. The van der Waals surface area contributed by atoms with E-state index in [0.29, 0.717) is 31.5 Å². The minimum atomic E-state index is -0.240. The topological polar surface area (TPSA) is 153 Å². The first-order valence-electron chi connectivity index (χ1n) is 23.5. The summed E-state index contributed by atoms with van der Waals surface area (Å²) in [5.74, 6) is 4.27. The van der Waals surface area contributed by atoms with E-state index < -0.39 is 0 Å². The maximum Gasteiger partial charge on any atom is 0.347 e.